The Labute approximate surface area is 240 Å². The topological polar surface area (TPSA) is 118 Å². The van der Waals surface area contributed by atoms with Gasteiger partial charge in [-0.2, -0.15) is 5.21 Å². The molecule has 2 amide bonds. The van der Waals surface area contributed by atoms with E-state index in [1.807, 2.05) is 23.2 Å². The molecule has 9 rings (SSSR count). The molecule has 5 fully saturated rings. The Hall–Kier alpha value is -3.73. The molecule has 11 nitrogen and oxygen atoms in total. The van der Waals surface area contributed by atoms with Gasteiger partial charge in [-0.15, -0.1) is 10.2 Å². The van der Waals surface area contributed by atoms with Crippen LogP contribution in [0.1, 0.15) is 37.9 Å². The monoisotopic (exact) mass is 554 g/mol. The molecule has 2 atom stereocenters. The van der Waals surface area contributed by atoms with E-state index in [1.165, 1.54) is 19.3 Å². The van der Waals surface area contributed by atoms with E-state index in [0.717, 1.165) is 80.1 Å². The molecule has 6 aliphatic rings. The van der Waals surface area contributed by atoms with Crippen molar-refractivity contribution in [2.75, 3.05) is 54.0 Å². The third-order valence-electron chi connectivity index (χ3n) is 10.4. The SMILES string of the molecule is O=C(N[C@H]1C2CC3CC1C[C@@](Cc1nn[nH]n1)(C3)C2)N1CCN(c2ccc(N3CCNCC3)cn2)c2ccccc21. The van der Waals surface area contributed by atoms with E-state index in [9.17, 15) is 4.79 Å². The van der Waals surface area contributed by atoms with Gasteiger partial charge in [0.2, 0.25) is 0 Å². The third-order valence-corrected chi connectivity index (χ3v) is 10.4. The first kappa shape index (κ1) is 25.0. The van der Waals surface area contributed by atoms with Crippen LogP contribution in [0.5, 0.6) is 0 Å². The average Bonchev–Trinajstić information content (AvgIpc) is 3.51. The molecule has 4 saturated carbocycles. The van der Waals surface area contributed by atoms with Crippen molar-refractivity contribution in [2.24, 2.45) is 23.2 Å². The van der Waals surface area contributed by atoms with Crippen LogP contribution < -0.4 is 25.3 Å². The van der Waals surface area contributed by atoms with Crippen LogP contribution in [0.4, 0.5) is 27.7 Å². The first-order chi connectivity index (χ1) is 20.1. The molecule has 2 aromatic heterocycles. The maximum absolute atomic E-state index is 13.9. The Balaban J connectivity index is 0.979. The second-order valence-electron chi connectivity index (χ2n) is 12.9. The van der Waals surface area contributed by atoms with Gasteiger partial charge in [0.15, 0.2) is 5.82 Å². The van der Waals surface area contributed by atoms with Crippen LogP contribution in [0.2, 0.25) is 0 Å². The Bertz CT molecular complexity index is 1370. The molecule has 1 saturated heterocycles. The van der Waals surface area contributed by atoms with Gasteiger partial charge >= 0.3 is 6.03 Å². The van der Waals surface area contributed by atoms with Gasteiger partial charge in [-0.25, -0.2) is 9.78 Å². The van der Waals surface area contributed by atoms with E-state index >= 15 is 0 Å². The molecule has 4 bridgehead atoms. The van der Waals surface area contributed by atoms with Gasteiger partial charge in [0.25, 0.3) is 0 Å². The van der Waals surface area contributed by atoms with E-state index in [4.69, 9.17) is 4.98 Å². The van der Waals surface area contributed by atoms with E-state index in [2.05, 4.69) is 65.3 Å². The predicted octanol–water partition coefficient (Wildman–Crippen LogP) is 3.11. The second-order valence-corrected chi connectivity index (χ2v) is 12.9. The standard InChI is InChI=1S/C30H38N10O/c41-29(33-28-21-13-20-14-22(28)17-30(15-20,16-21)18-26-34-36-37-35-26)40-12-11-39(24-3-1-2-4-25(24)40)27-6-5-23(19-32-27)38-9-7-31-8-10-38/h1-6,19-22,28,31H,7-18H2,(H,33,41)(H,34,35,36,37)/t20?,21?,22?,28-,30+. The number of piperazine rings is 1. The summed E-state index contributed by atoms with van der Waals surface area (Å²) in [5.41, 5.74) is 3.39. The molecular formula is C30H38N10O. The van der Waals surface area contributed by atoms with Crippen LogP contribution in [-0.2, 0) is 6.42 Å². The van der Waals surface area contributed by atoms with Crippen LogP contribution in [0.3, 0.4) is 0 Å². The lowest BCUT2D eigenvalue weighted by molar-refractivity contribution is -0.0735. The zero-order valence-electron chi connectivity index (χ0n) is 23.4. The molecule has 2 aliphatic heterocycles. The van der Waals surface area contributed by atoms with E-state index in [-0.39, 0.29) is 17.5 Å². The van der Waals surface area contributed by atoms with Crippen molar-refractivity contribution in [2.45, 2.75) is 44.6 Å². The molecule has 4 heterocycles. The Morgan fingerprint density at radius 3 is 2.51 bits per heavy atom. The fraction of sp³-hybridized carbons (Fsp3) is 0.567. The van der Waals surface area contributed by atoms with Crippen LogP contribution in [0.15, 0.2) is 42.6 Å². The highest BCUT2D eigenvalue weighted by molar-refractivity contribution is 5.98. The summed E-state index contributed by atoms with van der Waals surface area (Å²) in [6.07, 6.45) is 8.85. The minimum absolute atomic E-state index is 0.0313. The van der Waals surface area contributed by atoms with Gasteiger partial charge in [0.05, 0.1) is 23.3 Å². The highest BCUT2D eigenvalue weighted by atomic mass is 16.2. The number of hydrogen-bond acceptors (Lipinski definition) is 8. The van der Waals surface area contributed by atoms with Gasteiger partial charge < -0.3 is 20.4 Å². The lowest BCUT2D eigenvalue weighted by atomic mass is 9.47. The number of aromatic amines is 1. The number of rotatable bonds is 5. The minimum Gasteiger partial charge on any atom is -0.368 e. The van der Waals surface area contributed by atoms with Crippen LogP contribution in [0, 0.1) is 23.2 Å². The molecule has 3 aromatic rings. The molecule has 0 spiro atoms. The van der Waals surface area contributed by atoms with Crippen LogP contribution in [-0.4, -0.2) is 76.9 Å². The van der Waals surface area contributed by atoms with Gasteiger partial charge in [0.1, 0.15) is 5.82 Å². The Morgan fingerprint density at radius 1 is 0.976 bits per heavy atom. The van der Waals surface area contributed by atoms with Crippen molar-refractivity contribution >= 4 is 28.9 Å². The minimum atomic E-state index is 0.0313. The summed E-state index contributed by atoms with van der Waals surface area (Å²) in [5, 5.41) is 21.9. The number of anilines is 4. The smallest absolute Gasteiger partial charge is 0.322 e. The average molecular weight is 555 g/mol. The number of carbonyl (C=O) groups is 1. The van der Waals surface area contributed by atoms with E-state index in [0.29, 0.717) is 24.9 Å². The van der Waals surface area contributed by atoms with E-state index in [1.54, 1.807) is 0 Å². The number of urea groups is 1. The van der Waals surface area contributed by atoms with Crippen molar-refractivity contribution in [1.82, 2.24) is 36.2 Å². The van der Waals surface area contributed by atoms with Gasteiger partial charge in [-0.3, -0.25) is 4.90 Å². The Morgan fingerprint density at radius 2 is 1.78 bits per heavy atom. The lowest BCUT2D eigenvalue weighted by Gasteiger charge is -2.60. The molecule has 41 heavy (non-hydrogen) atoms. The molecular weight excluding hydrogens is 516 g/mol. The van der Waals surface area contributed by atoms with Gasteiger partial charge in [-0.05, 0) is 79.5 Å². The number of pyridine rings is 1. The van der Waals surface area contributed by atoms with Gasteiger partial charge in [-0.1, -0.05) is 17.3 Å². The van der Waals surface area contributed by atoms with Crippen LogP contribution in [0.25, 0.3) is 0 Å². The van der Waals surface area contributed by atoms with Crippen LogP contribution >= 0.6 is 0 Å². The summed E-state index contributed by atoms with van der Waals surface area (Å²) in [7, 11) is 0. The number of nitrogens with zero attached hydrogens (tertiary/aromatic N) is 7. The largest absolute Gasteiger partial charge is 0.368 e. The summed E-state index contributed by atoms with van der Waals surface area (Å²) < 4.78 is 0. The quantitative estimate of drug-likeness (QED) is 0.440. The van der Waals surface area contributed by atoms with Crippen molar-refractivity contribution in [3.05, 3.63) is 48.4 Å². The number of benzene rings is 1. The number of para-hydroxylation sites is 2. The highest BCUT2D eigenvalue weighted by Crippen LogP contribution is 2.61. The summed E-state index contributed by atoms with van der Waals surface area (Å²) in [5.74, 6) is 3.54. The zero-order chi connectivity index (χ0) is 27.4. The number of tetrazole rings is 1. The molecule has 2 unspecified atom stereocenters. The zero-order valence-corrected chi connectivity index (χ0v) is 23.4. The number of fused-ring (bicyclic) bond motifs is 1. The summed E-state index contributed by atoms with van der Waals surface area (Å²) >= 11 is 0. The molecule has 1 aromatic carbocycles. The normalized spacial score (nSPS) is 30.4. The molecule has 0 radical (unpaired) electrons. The summed E-state index contributed by atoms with van der Waals surface area (Å²) in [6.45, 7) is 5.34. The maximum atomic E-state index is 13.9. The number of hydrogen-bond donors (Lipinski definition) is 3. The van der Waals surface area contributed by atoms with Crippen molar-refractivity contribution in [3.8, 4) is 0 Å². The fourth-order valence-corrected chi connectivity index (χ4v) is 8.92. The summed E-state index contributed by atoms with van der Waals surface area (Å²) in [4.78, 5) is 25.3. The molecule has 214 valence electrons. The number of aromatic nitrogens is 5. The second kappa shape index (κ2) is 9.97. The predicted molar refractivity (Wildman–Crippen MR) is 156 cm³/mol. The van der Waals surface area contributed by atoms with Gasteiger partial charge in [0, 0.05) is 51.7 Å². The number of nitrogens with one attached hydrogen (secondary N) is 3. The fourth-order valence-electron chi connectivity index (χ4n) is 8.92. The number of amides is 2. The molecule has 4 aliphatic carbocycles. The first-order valence-electron chi connectivity index (χ1n) is 15.2. The highest BCUT2D eigenvalue weighted by Gasteiger charge is 2.56. The van der Waals surface area contributed by atoms with Crippen molar-refractivity contribution < 1.29 is 4.79 Å². The Kier molecular flexibility index (Phi) is 6.08. The third kappa shape index (κ3) is 4.50. The van der Waals surface area contributed by atoms with Crippen molar-refractivity contribution in [1.29, 1.82) is 0 Å². The summed E-state index contributed by atoms with van der Waals surface area (Å²) in [6, 6.07) is 12.8. The maximum Gasteiger partial charge on any atom is 0.322 e. The number of H-pyrrole nitrogens is 1. The van der Waals surface area contributed by atoms with E-state index < -0.39 is 0 Å². The lowest BCUT2D eigenvalue weighted by Crippen LogP contribution is -2.61. The first-order valence-corrected chi connectivity index (χ1v) is 15.2. The van der Waals surface area contributed by atoms with Crippen molar-refractivity contribution in [3.63, 3.8) is 0 Å². The molecule has 3 N–H and O–H groups in total. The number of carbonyl (C=O) groups excluding carboxylic acids is 1. The molecule has 11 heteroatoms.